The number of nitrogens with two attached hydrogens (primary N) is 1. The van der Waals surface area contributed by atoms with E-state index in [4.69, 9.17) is 22.2 Å². The average Bonchev–Trinajstić information content (AvgIpc) is 3.08. The number of rotatable bonds is 8. The number of amides is 1. The molecule has 3 rings (SSSR count). The predicted molar refractivity (Wildman–Crippen MR) is 120 cm³/mol. The van der Waals surface area contributed by atoms with Gasteiger partial charge < -0.3 is 15.9 Å². The molecule has 7 nitrogen and oxygen atoms in total. The van der Waals surface area contributed by atoms with Crippen LogP contribution in [0.1, 0.15) is 38.1 Å². The number of nitrogens with zero attached hydrogens (tertiary/aromatic N) is 3. The molecular weight excluding hydrogens is 441 g/mol. The third-order valence-electron chi connectivity index (χ3n) is 4.49. The van der Waals surface area contributed by atoms with E-state index in [0.717, 1.165) is 17.8 Å². The number of thioether (sulfide) groups is 1. The Balaban J connectivity index is 1.58. The van der Waals surface area contributed by atoms with Gasteiger partial charge in [0.2, 0.25) is 11.1 Å². The minimum absolute atomic E-state index is 0.0497. The second-order valence-electron chi connectivity index (χ2n) is 7.15. The topological polar surface area (TPSA) is 95.1 Å². The lowest BCUT2D eigenvalue weighted by atomic mass is 10.0. The number of benzene rings is 2. The Morgan fingerprint density at radius 2 is 1.94 bits per heavy atom. The van der Waals surface area contributed by atoms with Crippen molar-refractivity contribution in [2.75, 3.05) is 11.2 Å². The first kappa shape index (κ1) is 22.9. The smallest absolute Gasteiger partial charge is 0.237 e. The van der Waals surface area contributed by atoms with Crippen LogP contribution in [0.15, 0.2) is 47.6 Å². The van der Waals surface area contributed by atoms with E-state index in [9.17, 15) is 9.18 Å². The van der Waals surface area contributed by atoms with Gasteiger partial charge in [-0.3, -0.25) is 4.79 Å². The molecule has 0 aliphatic carbocycles. The fourth-order valence-electron chi connectivity index (χ4n) is 2.62. The summed E-state index contributed by atoms with van der Waals surface area (Å²) >= 11 is 6.83. The molecule has 164 valence electrons. The van der Waals surface area contributed by atoms with Crippen molar-refractivity contribution < 1.29 is 13.9 Å². The highest BCUT2D eigenvalue weighted by atomic mass is 35.5. The van der Waals surface area contributed by atoms with E-state index in [1.165, 1.54) is 22.4 Å². The Bertz CT molecular complexity index is 1060. The highest BCUT2D eigenvalue weighted by molar-refractivity contribution is 8.00. The van der Waals surface area contributed by atoms with Crippen LogP contribution in [0.25, 0.3) is 0 Å². The highest BCUT2D eigenvalue weighted by Crippen LogP contribution is 2.25. The van der Waals surface area contributed by atoms with E-state index in [0.29, 0.717) is 22.6 Å². The molecule has 0 saturated carbocycles. The van der Waals surface area contributed by atoms with Crippen LogP contribution in [0.4, 0.5) is 10.1 Å². The zero-order valence-corrected chi connectivity index (χ0v) is 18.9. The van der Waals surface area contributed by atoms with E-state index in [1.807, 2.05) is 24.3 Å². The summed E-state index contributed by atoms with van der Waals surface area (Å²) in [5.41, 5.74) is 1.27. The number of ether oxygens (including phenoxy) is 1. The molecule has 1 heterocycles. The van der Waals surface area contributed by atoms with Crippen LogP contribution in [0.3, 0.4) is 0 Å². The van der Waals surface area contributed by atoms with Gasteiger partial charge in [0, 0.05) is 5.02 Å². The van der Waals surface area contributed by atoms with Crippen molar-refractivity contribution in [2.45, 2.75) is 43.7 Å². The highest BCUT2D eigenvalue weighted by Gasteiger charge is 2.20. The number of halogens is 2. The van der Waals surface area contributed by atoms with Gasteiger partial charge in [0.1, 0.15) is 18.2 Å². The maximum Gasteiger partial charge on any atom is 0.237 e. The molecule has 3 aromatic rings. The molecule has 0 spiro atoms. The summed E-state index contributed by atoms with van der Waals surface area (Å²) in [4.78, 5) is 12.4. The molecular formula is C21H23ClFN5O2S. The first-order chi connectivity index (χ1) is 14.7. The van der Waals surface area contributed by atoms with Crippen molar-refractivity contribution in [3.63, 3.8) is 0 Å². The van der Waals surface area contributed by atoms with Crippen LogP contribution in [0, 0.1) is 5.82 Å². The third kappa shape index (κ3) is 5.89. The van der Waals surface area contributed by atoms with Gasteiger partial charge in [0.05, 0.1) is 10.9 Å². The minimum Gasteiger partial charge on any atom is -0.486 e. The first-order valence-electron chi connectivity index (χ1n) is 9.59. The molecule has 0 saturated heterocycles. The van der Waals surface area contributed by atoms with Crippen molar-refractivity contribution >= 4 is 35.0 Å². The Labute approximate surface area is 189 Å². The van der Waals surface area contributed by atoms with Crippen LogP contribution < -0.4 is 15.9 Å². The predicted octanol–water partition coefficient (Wildman–Crippen LogP) is 4.61. The number of carbonyl (C=O) groups excluding carboxylic acids is 1. The molecule has 0 bridgehead atoms. The average molecular weight is 464 g/mol. The van der Waals surface area contributed by atoms with E-state index in [-0.39, 0.29) is 17.3 Å². The molecule has 0 fully saturated rings. The summed E-state index contributed by atoms with van der Waals surface area (Å²) in [7, 11) is 0. The van der Waals surface area contributed by atoms with Gasteiger partial charge in [-0.1, -0.05) is 49.3 Å². The van der Waals surface area contributed by atoms with Gasteiger partial charge in [0.15, 0.2) is 5.82 Å². The number of aromatic nitrogens is 3. The largest absolute Gasteiger partial charge is 0.486 e. The van der Waals surface area contributed by atoms with Gasteiger partial charge in [-0.15, -0.1) is 10.2 Å². The molecule has 1 unspecified atom stereocenters. The van der Waals surface area contributed by atoms with Crippen LogP contribution in [-0.4, -0.2) is 26.0 Å². The molecule has 10 heteroatoms. The maximum absolute atomic E-state index is 13.9. The van der Waals surface area contributed by atoms with Crippen LogP contribution in [0.5, 0.6) is 5.75 Å². The molecule has 3 N–H and O–H groups in total. The van der Waals surface area contributed by atoms with Crippen LogP contribution in [-0.2, 0) is 11.4 Å². The molecule has 1 aromatic heterocycles. The van der Waals surface area contributed by atoms with Crippen molar-refractivity contribution in [2.24, 2.45) is 0 Å². The Kier molecular flexibility index (Phi) is 7.40. The van der Waals surface area contributed by atoms with E-state index in [1.54, 1.807) is 6.92 Å². The second-order valence-corrected chi connectivity index (χ2v) is 8.90. The van der Waals surface area contributed by atoms with E-state index in [2.05, 4.69) is 29.4 Å². The fraction of sp³-hybridized carbons (Fsp3) is 0.286. The molecule has 2 aromatic carbocycles. The summed E-state index contributed by atoms with van der Waals surface area (Å²) in [6, 6.07) is 11.8. The number of carbonyl (C=O) groups is 1. The fourth-order valence-corrected chi connectivity index (χ4v) is 3.57. The van der Waals surface area contributed by atoms with Crippen LogP contribution >= 0.6 is 23.4 Å². The first-order valence-corrected chi connectivity index (χ1v) is 10.8. The number of hydrogen-bond donors (Lipinski definition) is 2. The van der Waals surface area contributed by atoms with Gasteiger partial charge >= 0.3 is 0 Å². The lowest BCUT2D eigenvalue weighted by molar-refractivity contribution is -0.115. The summed E-state index contributed by atoms with van der Waals surface area (Å²) in [5.74, 6) is 6.59. The summed E-state index contributed by atoms with van der Waals surface area (Å²) < 4.78 is 20.9. The third-order valence-corrected chi connectivity index (χ3v) is 5.78. The zero-order valence-electron chi connectivity index (χ0n) is 17.3. The normalized spacial score (nSPS) is 12.1. The molecule has 0 aliphatic rings. The standard InChI is InChI=1S/C21H23ClFN5O2S/c1-12(2)14-4-7-16(8-5-14)30-11-19-26-27-21(28(19)24)31-13(3)20(29)25-18-9-6-15(22)10-17(18)23/h4-10,12-13H,11,24H2,1-3H3,(H,25,29). The number of nitrogen functional groups attached to an aromatic ring is 1. The van der Waals surface area contributed by atoms with Crippen LogP contribution in [0.2, 0.25) is 5.02 Å². The summed E-state index contributed by atoms with van der Waals surface area (Å²) in [5, 5.41) is 10.6. The van der Waals surface area contributed by atoms with Gasteiger partial charge in [-0.25, -0.2) is 9.07 Å². The quantitative estimate of drug-likeness (QED) is 0.374. The number of anilines is 1. The molecule has 0 radical (unpaired) electrons. The van der Waals surface area contributed by atoms with Crippen molar-refractivity contribution in [3.8, 4) is 5.75 Å². The molecule has 1 amide bonds. The lowest BCUT2D eigenvalue weighted by Crippen LogP contribution is -2.24. The summed E-state index contributed by atoms with van der Waals surface area (Å²) in [6.45, 7) is 6.04. The van der Waals surface area contributed by atoms with Gasteiger partial charge in [-0.05, 0) is 48.7 Å². The number of hydrogen-bond acceptors (Lipinski definition) is 6. The van der Waals surface area contributed by atoms with Crippen molar-refractivity contribution in [1.29, 1.82) is 0 Å². The monoisotopic (exact) mass is 463 g/mol. The molecule has 1 atom stereocenters. The zero-order chi connectivity index (χ0) is 22.5. The Morgan fingerprint density at radius 1 is 1.23 bits per heavy atom. The molecule has 31 heavy (non-hydrogen) atoms. The van der Waals surface area contributed by atoms with Crippen molar-refractivity contribution in [3.05, 3.63) is 64.7 Å². The van der Waals surface area contributed by atoms with Gasteiger partial charge in [0.25, 0.3) is 0 Å². The lowest BCUT2D eigenvalue weighted by Gasteiger charge is -2.12. The van der Waals surface area contributed by atoms with E-state index < -0.39 is 17.0 Å². The van der Waals surface area contributed by atoms with Crippen molar-refractivity contribution in [1.82, 2.24) is 14.9 Å². The van der Waals surface area contributed by atoms with Gasteiger partial charge in [-0.2, -0.15) is 0 Å². The Morgan fingerprint density at radius 3 is 2.58 bits per heavy atom. The second kappa shape index (κ2) is 10.0. The Hall–Kier alpha value is -2.78. The SMILES string of the molecule is CC(Sc1nnc(COc2ccc(C(C)C)cc2)n1N)C(=O)Nc1ccc(Cl)cc1F. The van der Waals surface area contributed by atoms with E-state index >= 15 is 0 Å². The maximum atomic E-state index is 13.9. The number of nitrogens with one attached hydrogen (secondary N) is 1. The molecule has 0 aliphatic heterocycles. The summed E-state index contributed by atoms with van der Waals surface area (Å²) in [6.07, 6.45) is 0. The minimum atomic E-state index is -0.610.